The molecule has 2 aromatic rings. The van der Waals surface area contributed by atoms with E-state index in [-0.39, 0.29) is 36.8 Å². The van der Waals surface area contributed by atoms with E-state index in [0.717, 1.165) is 30.7 Å². The summed E-state index contributed by atoms with van der Waals surface area (Å²) in [6.07, 6.45) is 5.65. The molecule has 1 aliphatic rings. The van der Waals surface area contributed by atoms with Crippen molar-refractivity contribution in [3.05, 3.63) is 35.2 Å². The van der Waals surface area contributed by atoms with Gasteiger partial charge in [0.1, 0.15) is 5.65 Å². The van der Waals surface area contributed by atoms with E-state index in [0.29, 0.717) is 11.6 Å². The van der Waals surface area contributed by atoms with E-state index in [2.05, 4.69) is 15.6 Å². The van der Waals surface area contributed by atoms with Crippen LogP contribution >= 0.6 is 36.4 Å². The average Bonchev–Trinajstić information content (AvgIpc) is 3.04. The second-order valence-corrected chi connectivity index (χ2v) is 5.15. The third kappa shape index (κ3) is 4.23. The highest BCUT2D eigenvalue weighted by molar-refractivity contribution is 6.30. The first-order valence-corrected chi connectivity index (χ1v) is 6.74. The van der Waals surface area contributed by atoms with E-state index < -0.39 is 0 Å². The fourth-order valence-electron chi connectivity index (χ4n) is 2.31. The van der Waals surface area contributed by atoms with Crippen molar-refractivity contribution in [3.63, 3.8) is 0 Å². The van der Waals surface area contributed by atoms with Gasteiger partial charge in [-0.2, -0.15) is 0 Å². The zero-order valence-corrected chi connectivity index (χ0v) is 13.6. The monoisotopic (exact) mass is 350 g/mol. The maximum Gasteiger partial charge on any atom is 0.237 e. The third-order valence-electron chi connectivity index (χ3n) is 3.29. The Morgan fingerprint density at radius 2 is 2.24 bits per heavy atom. The van der Waals surface area contributed by atoms with Gasteiger partial charge in [0.2, 0.25) is 5.91 Å². The zero-order valence-electron chi connectivity index (χ0n) is 11.2. The number of hydrogen-bond acceptors (Lipinski definition) is 3. The summed E-state index contributed by atoms with van der Waals surface area (Å²) >= 11 is 5.91. The lowest BCUT2D eigenvalue weighted by molar-refractivity contribution is -0.122. The number of carbonyl (C=O) groups is 1. The van der Waals surface area contributed by atoms with Crippen molar-refractivity contribution >= 4 is 48.0 Å². The van der Waals surface area contributed by atoms with Crippen molar-refractivity contribution in [2.24, 2.45) is 0 Å². The summed E-state index contributed by atoms with van der Waals surface area (Å²) < 4.78 is 1.86. The van der Waals surface area contributed by atoms with Crippen LogP contribution < -0.4 is 10.6 Å². The van der Waals surface area contributed by atoms with E-state index in [1.165, 1.54) is 0 Å². The minimum Gasteiger partial charge on any atom is -0.349 e. The lowest BCUT2D eigenvalue weighted by Gasteiger charge is -2.09. The highest BCUT2D eigenvalue weighted by Gasteiger charge is 2.21. The van der Waals surface area contributed by atoms with Crippen molar-refractivity contribution in [3.8, 4) is 0 Å². The van der Waals surface area contributed by atoms with Gasteiger partial charge in [0.05, 0.1) is 23.3 Å². The standard InChI is InChI=1S/C13H15ClN4O.2ClH/c14-9-3-4-12-17-10(8-18(12)7-9)6-16-13(19)11-2-1-5-15-11;;/h3-4,7-8,11,15H,1-2,5-6H2,(H,16,19);2*1H. The van der Waals surface area contributed by atoms with Crippen molar-refractivity contribution in [1.29, 1.82) is 0 Å². The summed E-state index contributed by atoms with van der Waals surface area (Å²) in [5.74, 6) is 0.0487. The van der Waals surface area contributed by atoms with Gasteiger partial charge in [-0.1, -0.05) is 11.6 Å². The molecule has 1 amide bonds. The van der Waals surface area contributed by atoms with Crippen LogP contribution in [0.25, 0.3) is 5.65 Å². The predicted octanol–water partition coefficient (Wildman–Crippen LogP) is 2.20. The smallest absolute Gasteiger partial charge is 0.237 e. The SMILES string of the molecule is Cl.Cl.O=C(NCc1cn2cc(Cl)ccc2n1)C1CCCN1. The van der Waals surface area contributed by atoms with Gasteiger partial charge in [0.15, 0.2) is 0 Å². The van der Waals surface area contributed by atoms with Crippen LogP contribution in [0, 0.1) is 0 Å². The maximum atomic E-state index is 11.9. The predicted molar refractivity (Wildman–Crippen MR) is 87.6 cm³/mol. The fourth-order valence-corrected chi connectivity index (χ4v) is 2.48. The Kier molecular flexibility index (Phi) is 6.74. The molecule has 3 rings (SSSR count). The molecular weight excluding hydrogens is 335 g/mol. The molecule has 0 aromatic carbocycles. The Morgan fingerprint density at radius 1 is 1.43 bits per heavy atom. The van der Waals surface area contributed by atoms with E-state index >= 15 is 0 Å². The molecule has 3 heterocycles. The number of hydrogen-bond donors (Lipinski definition) is 2. The summed E-state index contributed by atoms with van der Waals surface area (Å²) in [5.41, 5.74) is 1.65. The second kappa shape index (κ2) is 7.84. The maximum absolute atomic E-state index is 11.9. The quantitative estimate of drug-likeness (QED) is 0.891. The fraction of sp³-hybridized carbons (Fsp3) is 0.385. The summed E-state index contributed by atoms with van der Waals surface area (Å²) in [6.45, 7) is 1.36. The summed E-state index contributed by atoms with van der Waals surface area (Å²) in [6, 6.07) is 3.60. The molecule has 1 fully saturated rings. The summed E-state index contributed by atoms with van der Waals surface area (Å²) in [7, 11) is 0. The van der Waals surface area contributed by atoms with Crippen molar-refractivity contribution in [2.45, 2.75) is 25.4 Å². The van der Waals surface area contributed by atoms with Gasteiger partial charge in [-0.15, -0.1) is 24.8 Å². The van der Waals surface area contributed by atoms with E-state index in [1.54, 1.807) is 12.3 Å². The zero-order chi connectivity index (χ0) is 13.2. The van der Waals surface area contributed by atoms with Gasteiger partial charge in [0, 0.05) is 12.4 Å². The molecule has 1 saturated heterocycles. The molecule has 8 heteroatoms. The molecule has 0 bridgehead atoms. The van der Waals surface area contributed by atoms with Gasteiger partial charge in [0.25, 0.3) is 0 Å². The highest BCUT2D eigenvalue weighted by atomic mass is 35.5. The number of aromatic nitrogens is 2. The first-order valence-electron chi connectivity index (χ1n) is 6.36. The van der Waals surface area contributed by atoms with Crippen LogP contribution in [-0.2, 0) is 11.3 Å². The van der Waals surface area contributed by atoms with Crippen molar-refractivity contribution < 1.29 is 4.79 Å². The molecule has 0 radical (unpaired) electrons. The molecule has 1 atom stereocenters. The van der Waals surface area contributed by atoms with Crippen LogP contribution in [-0.4, -0.2) is 27.9 Å². The van der Waals surface area contributed by atoms with E-state index in [9.17, 15) is 4.79 Å². The number of fused-ring (bicyclic) bond motifs is 1. The first kappa shape index (κ1) is 18.0. The van der Waals surface area contributed by atoms with Crippen LogP contribution in [0.3, 0.4) is 0 Å². The molecular formula is C13H17Cl3N4O. The number of rotatable bonds is 3. The van der Waals surface area contributed by atoms with Gasteiger partial charge >= 0.3 is 0 Å². The molecule has 0 saturated carbocycles. The molecule has 1 aliphatic heterocycles. The number of pyridine rings is 1. The van der Waals surface area contributed by atoms with Gasteiger partial charge in [-0.3, -0.25) is 4.79 Å². The highest BCUT2D eigenvalue weighted by Crippen LogP contribution is 2.12. The van der Waals surface area contributed by atoms with Crippen LogP contribution in [0.1, 0.15) is 18.5 Å². The Bertz CT molecular complexity index is 610. The summed E-state index contributed by atoms with van der Waals surface area (Å²) in [5, 5.41) is 6.74. The number of halogens is 3. The third-order valence-corrected chi connectivity index (χ3v) is 3.51. The molecule has 5 nitrogen and oxygen atoms in total. The van der Waals surface area contributed by atoms with E-state index in [4.69, 9.17) is 11.6 Å². The van der Waals surface area contributed by atoms with Gasteiger partial charge < -0.3 is 15.0 Å². The minimum absolute atomic E-state index is 0. The number of imidazole rings is 1. The molecule has 0 aliphatic carbocycles. The molecule has 21 heavy (non-hydrogen) atoms. The Labute approximate surface area is 140 Å². The molecule has 0 spiro atoms. The van der Waals surface area contributed by atoms with E-state index in [1.807, 2.05) is 16.7 Å². The lowest BCUT2D eigenvalue weighted by atomic mass is 10.2. The molecule has 2 N–H and O–H groups in total. The van der Waals surface area contributed by atoms with Crippen LogP contribution in [0.4, 0.5) is 0 Å². The Balaban J connectivity index is 0.00000110. The number of carbonyl (C=O) groups excluding carboxylic acids is 1. The Morgan fingerprint density at radius 3 is 2.95 bits per heavy atom. The van der Waals surface area contributed by atoms with Crippen LogP contribution in [0.15, 0.2) is 24.5 Å². The average molecular weight is 352 g/mol. The van der Waals surface area contributed by atoms with Gasteiger partial charge in [-0.05, 0) is 31.5 Å². The number of nitrogens with one attached hydrogen (secondary N) is 2. The summed E-state index contributed by atoms with van der Waals surface area (Å²) in [4.78, 5) is 16.3. The van der Waals surface area contributed by atoms with Crippen molar-refractivity contribution in [2.75, 3.05) is 6.54 Å². The van der Waals surface area contributed by atoms with Crippen molar-refractivity contribution in [1.82, 2.24) is 20.0 Å². The molecule has 2 aromatic heterocycles. The van der Waals surface area contributed by atoms with Crippen LogP contribution in [0.2, 0.25) is 5.02 Å². The minimum atomic E-state index is -0.0496. The second-order valence-electron chi connectivity index (χ2n) is 4.71. The lowest BCUT2D eigenvalue weighted by Crippen LogP contribution is -2.40. The van der Waals surface area contributed by atoms with Gasteiger partial charge in [-0.25, -0.2) is 4.98 Å². The largest absolute Gasteiger partial charge is 0.349 e. The first-order chi connectivity index (χ1) is 9.22. The molecule has 1 unspecified atom stereocenters. The Hall–Kier alpha value is -1.01. The topological polar surface area (TPSA) is 58.4 Å². The normalized spacial score (nSPS) is 17.1. The van der Waals surface area contributed by atoms with Crippen LogP contribution in [0.5, 0.6) is 0 Å². The molecule has 116 valence electrons. The number of amides is 1. The number of nitrogens with zero attached hydrogens (tertiary/aromatic N) is 2.